The van der Waals surface area contributed by atoms with Gasteiger partial charge in [0.05, 0.1) is 6.54 Å². The Labute approximate surface area is 96.7 Å². The Hall–Kier alpha value is -1.11. The van der Waals surface area contributed by atoms with Gasteiger partial charge in [-0.25, -0.2) is 0 Å². The summed E-state index contributed by atoms with van der Waals surface area (Å²) in [4.78, 5) is 22.0. The van der Waals surface area contributed by atoms with Crippen LogP contribution in [0.2, 0.25) is 0 Å². The Balaban J connectivity index is 0.00000196. The Kier molecular flexibility index (Phi) is 5.92. The summed E-state index contributed by atoms with van der Waals surface area (Å²) in [5, 5.41) is 12.8. The second-order valence-electron chi connectivity index (χ2n) is 2.63. The molecule has 1 heterocycles. The molecule has 15 heavy (non-hydrogen) atoms. The van der Waals surface area contributed by atoms with Gasteiger partial charge in [0.2, 0.25) is 5.91 Å². The van der Waals surface area contributed by atoms with E-state index in [1.54, 1.807) is 17.5 Å². The van der Waals surface area contributed by atoms with Crippen LogP contribution in [0.5, 0.6) is 0 Å². The molecule has 1 atom stereocenters. The number of carbonyl (C=O) groups excluding carboxylic acids is 1. The average Bonchev–Trinajstić information content (AvgIpc) is 2.56. The number of thiophene rings is 1. The van der Waals surface area contributed by atoms with Crippen molar-refractivity contribution >= 4 is 35.6 Å². The fraction of sp³-hybridized carbons (Fsp3) is 0.250. The fourth-order valence-electron chi connectivity index (χ4n) is 0.986. The molecule has 0 spiro atoms. The summed E-state index contributed by atoms with van der Waals surface area (Å²) in [6, 6.07) is 2.79. The predicted octanol–water partition coefficient (Wildman–Crippen LogP) is 0.370. The van der Waals surface area contributed by atoms with E-state index < -0.39 is 17.9 Å². The highest BCUT2D eigenvalue weighted by molar-refractivity contribution is 7.10. The molecule has 0 aliphatic carbocycles. The zero-order chi connectivity index (χ0) is 10.6. The first-order valence-electron chi connectivity index (χ1n) is 3.89. The number of primary amides is 1. The molecule has 0 radical (unpaired) electrons. The van der Waals surface area contributed by atoms with Crippen molar-refractivity contribution < 1.29 is 14.7 Å². The van der Waals surface area contributed by atoms with Crippen LogP contribution in [0.25, 0.3) is 0 Å². The van der Waals surface area contributed by atoms with Crippen molar-refractivity contribution in [1.82, 2.24) is 5.32 Å². The van der Waals surface area contributed by atoms with Gasteiger partial charge in [-0.15, -0.1) is 23.7 Å². The highest BCUT2D eigenvalue weighted by Crippen LogP contribution is 2.18. The third-order valence-electron chi connectivity index (χ3n) is 1.57. The van der Waals surface area contributed by atoms with E-state index in [0.717, 1.165) is 4.88 Å². The Morgan fingerprint density at radius 1 is 1.60 bits per heavy atom. The molecule has 0 aliphatic heterocycles. The van der Waals surface area contributed by atoms with Crippen LogP contribution in [-0.4, -0.2) is 23.5 Å². The highest BCUT2D eigenvalue weighted by atomic mass is 35.5. The highest BCUT2D eigenvalue weighted by Gasteiger charge is 2.18. The zero-order valence-electron chi connectivity index (χ0n) is 7.67. The summed E-state index contributed by atoms with van der Waals surface area (Å²) in [6.07, 6.45) is 0. The van der Waals surface area contributed by atoms with Crippen LogP contribution >= 0.6 is 23.7 Å². The molecule has 1 aromatic heterocycles. The summed E-state index contributed by atoms with van der Waals surface area (Å²) in [5.41, 5.74) is 5.13. The Bertz CT molecular complexity index is 329. The predicted molar refractivity (Wildman–Crippen MR) is 59.1 cm³/mol. The minimum absolute atomic E-state index is 0. The average molecular weight is 251 g/mol. The quantitative estimate of drug-likeness (QED) is 0.704. The van der Waals surface area contributed by atoms with Gasteiger partial charge in [0.15, 0.2) is 0 Å². The first-order chi connectivity index (χ1) is 6.61. The maximum atomic E-state index is 11.0. The number of carbonyl (C=O) groups is 2. The van der Waals surface area contributed by atoms with E-state index in [-0.39, 0.29) is 19.0 Å². The molecular formula is C8H11ClN2O3S. The lowest BCUT2D eigenvalue weighted by Gasteiger charge is -2.11. The number of nitrogens with one attached hydrogen (secondary N) is 1. The van der Waals surface area contributed by atoms with Crippen molar-refractivity contribution in [3.8, 4) is 0 Å². The number of aliphatic carboxylic acids is 1. The molecular weight excluding hydrogens is 240 g/mol. The van der Waals surface area contributed by atoms with E-state index >= 15 is 0 Å². The molecule has 1 aromatic rings. The van der Waals surface area contributed by atoms with Crippen molar-refractivity contribution in [3.63, 3.8) is 0 Å². The van der Waals surface area contributed by atoms with Crippen LogP contribution in [0.15, 0.2) is 17.5 Å². The largest absolute Gasteiger partial charge is 0.480 e. The van der Waals surface area contributed by atoms with Crippen molar-refractivity contribution in [2.24, 2.45) is 5.73 Å². The van der Waals surface area contributed by atoms with Crippen LogP contribution < -0.4 is 11.1 Å². The van der Waals surface area contributed by atoms with Gasteiger partial charge in [0.1, 0.15) is 6.04 Å². The van der Waals surface area contributed by atoms with E-state index in [9.17, 15) is 9.59 Å². The molecule has 0 saturated carbocycles. The molecule has 0 aliphatic rings. The summed E-state index contributed by atoms with van der Waals surface area (Å²) in [6.45, 7) is -0.286. The van der Waals surface area contributed by atoms with Gasteiger partial charge >= 0.3 is 5.97 Å². The molecule has 7 heteroatoms. The Morgan fingerprint density at radius 3 is 2.67 bits per heavy atom. The van der Waals surface area contributed by atoms with Gasteiger partial charge < -0.3 is 10.8 Å². The van der Waals surface area contributed by atoms with Gasteiger partial charge in [0.25, 0.3) is 0 Å². The molecule has 0 aromatic carbocycles. The number of hydrogen-bond acceptors (Lipinski definition) is 4. The SMILES string of the molecule is Cl.NC(=O)C(NCC(=O)O)c1cccs1. The number of carboxylic acid groups (broad SMARTS) is 1. The molecule has 84 valence electrons. The van der Waals surface area contributed by atoms with E-state index in [2.05, 4.69) is 5.32 Å². The van der Waals surface area contributed by atoms with Gasteiger partial charge in [0, 0.05) is 4.88 Å². The van der Waals surface area contributed by atoms with Crippen LogP contribution in [-0.2, 0) is 9.59 Å². The maximum Gasteiger partial charge on any atom is 0.317 e. The van der Waals surface area contributed by atoms with E-state index in [1.165, 1.54) is 11.3 Å². The summed E-state index contributed by atoms with van der Waals surface area (Å²) in [5.74, 6) is -1.60. The maximum absolute atomic E-state index is 11.0. The summed E-state index contributed by atoms with van der Waals surface area (Å²) < 4.78 is 0. The summed E-state index contributed by atoms with van der Waals surface area (Å²) >= 11 is 1.35. The van der Waals surface area contributed by atoms with Crippen LogP contribution in [0.4, 0.5) is 0 Å². The normalized spacial score (nSPS) is 11.5. The lowest BCUT2D eigenvalue weighted by atomic mass is 10.2. The number of amides is 1. The van der Waals surface area contributed by atoms with Gasteiger partial charge in [-0.1, -0.05) is 6.07 Å². The van der Waals surface area contributed by atoms with E-state index in [0.29, 0.717) is 0 Å². The van der Waals surface area contributed by atoms with Crippen molar-refractivity contribution in [3.05, 3.63) is 22.4 Å². The topological polar surface area (TPSA) is 92.4 Å². The third kappa shape index (κ3) is 4.28. The lowest BCUT2D eigenvalue weighted by Crippen LogP contribution is -2.36. The second kappa shape index (κ2) is 6.39. The molecule has 0 saturated heterocycles. The third-order valence-corrected chi connectivity index (χ3v) is 2.51. The first kappa shape index (κ1) is 13.9. The minimum Gasteiger partial charge on any atom is -0.480 e. The standard InChI is InChI=1S/C8H10N2O3S.ClH/c9-8(13)7(10-4-6(11)12)5-2-1-3-14-5;/h1-3,7,10H,4H2,(H2,9,13)(H,11,12);1H. The van der Waals surface area contributed by atoms with Crippen LogP contribution in [0.1, 0.15) is 10.9 Å². The molecule has 4 N–H and O–H groups in total. The molecule has 1 amide bonds. The van der Waals surface area contributed by atoms with E-state index in [1.807, 2.05) is 0 Å². The molecule has 1 unspecified atom stereocenters. The zero-order valence-corrected chi connectivity index (χ0v) is 9.31. The Morgan fingerprint density at radius 2 is 2.27 bits per heavy atom. The van der Waals surface area contributed by atoms with Crippen molar-refractivity contribution in [2.45, 2.75) is 6.04 Å². The van der Waals surface area contributed by atoms with Crippen LogP contribution in [0.3, 0.4) is 0 Å². The number of halogens is 1. The van der Waals surface area contributed by atoms with E-state index in [4.69, 9.17) is 10.8 Å². The number of hydrogen-bond donors (Lipinski definition) is 3. The number of rotatable bonds is 5. The number of nitrogens with two attached hydrogens (primary N) is 1. The fourth-order valence-corrected chi connectivity index (χ4v) is 1.79. The smallest absolute Gasteiger partial charge is 0.317 e. The van der Waals surface area contributed by atoms with Gasteiger partial charge in [-0.2, -0.15) is 0 Å². The van der Waals surface area contributed by atoms with Gasteiger partial charge in [-0.3, -0.25) is 14.9 Å². The second-order valence-corrected chi connectivity index (χ2v) is 3.60. The minimum atomic E-state index is -1.02. The number of carboxylic acids is 1. The lowest BCUT2D eigenvalue weighted by molar-refractivity contribution is -0.136. The first-order valence-corrected chi connectivity index (χ1v) is 4.77. The van der Waals surface area contributed by atoms with Gasteiger partial charge in [-0.05, 0) is 11.4 Å². The molecule has 0 fully saturated rings. The molecule has 0 bridgehead atoms. The van der Waals surface area contributed by atoms with Crippen molar-refractivity contribution in [1.29, 1.82) is 0 Å². The monoisotopic (exact) mass is 250 g/mol. The molecule has 1 rings (SSSR count). The summed E-state index contributed by atoms with van der Waals surface area (Å²) in [7, 11) is 0. The van der Waals surface area contributed by atoms with Crippen molar-refractivity contribution in [2.75, 3.05) is 6.54 Å². The van der Waals surface area contributed by atoms with Crippen LogP contribution in [0, 0.1) is 0 Å². The molecule has 5 nitrogen and oxygen atoms in total.